The van der Waals surface area contributed by atoms with Gasteiger partial charge in [0.25, 0.3) is 0 Å². The van der Waals surface area contributed by atoms with Crippen LogP contribution in [0.5, 0.6) is 0 Å². The summed E-state index contributed by atoms with van der Waals surface area (Å²) in [6.07, 6.45) is 0. The number of nitrogen functional groups attached to an aromatic ring is 1. The van der Waals surface area contributed by atoms with E-state index in [9.17, 15) is 8.78 Å². The number of nitrogens with one attached hydrogen (secondary N) is 1. The van der Waals surface area contributed by atoms with E-state index >= 15 is 0 Å². The third-order valence-electron chi connectivity index (χ3n) is 1.08. The van der Waals surface area contributed by atoms with Crippen molar-refractivity contribution in [3.05, 3.63) is 29.8 Å². The second kappa shape index (κ2) is 4.21. The molecule has 0 aliphatic heterocycles. The molecule has 0 bridgehead atoms. The van der Waals surface area contributed by atoms with Gasteiger partial charge in [-0.05, 0) is 12.1 Å². The van der Waals surface area contributed by atoms with Crippen LogP contribution in [-0.2, 0) is 0 Å². The Balaban J connectivity index is 0.000001000. The van der Waals surface area contributed by atoms with Gasteiger partial charge >= 0.3 is 0 Å². The van der Waals surface area contributed by atoms with Crippen LogP contribution in [0.15, 0.2) is 18.2 Å². The Morgan fingerprint density at radius 2 is 1.91 bits per heavy atom. The molecule has 2 nitrogen and oxygen atoms in total. The topological polar surface area (TPSA) is 38.0 Å². The molecule has 0 saturated carbocycles. The average Bonchev–Trinajstić information content (AvgIpc) is 1.94. The van der Waals surface area contributed by atoms with Crippen LogP contribution in [0.2, 0.25) is 0 Å². The smallest absolute Gasteiger partial charge is 0.147 e. The van der Waals surface area contributed by atoms with Gasteiger partial charge in [0, 0.05) is 6.07 Å². The highest BCUT2D eigenvalue weighted by atomic mass is 31.0. The Labute approximate surface area is 66.4 Å². The summed E-state index contributed by atoms with van der Waals surface area (Å²) < 4.78 is 24.7. The number of rotatable bonds is 1. The van der Waals surface area contributed by atoms with Crippen LogP contribution < -0.4 is 11.3 Å². The molecule has 0 aliphatic rings. The van der Waals surface area contributed by atoms with Gasteiger partial charge in [0.05, 0.1) is 5.69 Å². The molecule has 0 heterocycles. The molecule has 0 aromatic heterocycles. The molecule has 1 atom stereocenters. The maximum absolute atomic E-state index is 12.5. The number of hydrogen-bond donors (Lipinski definition) is 2. The maximum Gasteiger partial charge on any atom is 0.147 e. The number of nitrogens with two attached hydrogens (primary N) is 1. The van der Waals surface area contributed by atoms with Crippen molar-refractivity contribution in [3.63, 3.8) is 0 Å². The summed E-state index contributed by atoms with van der Waals surface area (Å²) in [5, 5.41) is 0. The fourth-order valence-electron chi connectivity index (χ4n) is 0.608. The Kier molecular flexibility index (Phi) is 3.93. The molecule has 1 aromatic carbocycles. The zero-order valence-electron chi connectivity index (χ0n) is 5.77. The molecule has 5 heteroatoms. The van der Waals surface area contributed by atoms with Gasteiger partial charge in [0.1, 0.15) is 11.6 Å². The Hall–Kier alpha value is -0.730. The number of anilines is 1. The Morgan fingerprint density at radius 1 is 1.27 bits per heavy atom. The molecular weight excluding hydrogens is 169 g/mol. The molecule has 0 radical (unpaired) electrons. The van der Waals surface area contributed by atoms with Crippen LogP contribution in [-0.4, -0.2) is 0 Å². The minimum absolute atomic E-state index is 0. The molecule has 0 saturated heterocycles. The SMILES string of the molecule is NNc1cc(F)ccc1F.P. The Bertz CT molecular complexity index is 242. The third-order valence-corrected chi connectivity index (χ3v) is 1.08. The van der Waals surface area contributed by atoms with Gasteiger partial charge in [-0.1, -0.05) is 0 Å². The molecule has 1 aromatic rings. The van der Waals surface area contributed by atoms with Gasteiger partial charge in [-0.2, -0.15) is 9.90 Å². The van der Waals surface area contributed by atoms with E-state index in [4.69, 9.17) is 5.84 Å². The van der Waals surface area contributed by atoms with Crippen molar-refractivity contribution in [1.82, 2.24) is 0 Å². The van der Waals surface area contributed by atoms with Crippen LogP contribution in [0.1, 0.15) is 0 Å². The van der Waals surface area contributed by atoms with Crippen LogP contribution in [0.25, 0.3) is 0 Å². The zero-order chi connectivity index (χ0) is 7.56. The predicted octanol–water partition coefficient (Wildman–Crippen LogP) is 1.31. The monoisotopic (exact) mass is 178 g/mol. The molecule has 1 rings (SSSR count). The van der Waals surface area contributed by atoms with Crippen molar-refractivity contribution in [2.75, 3.05) is 5.43 Å². The first-order valence-electron chi connectivity index (χ1n) is 2.65. The van der Waals surface area contributed by atoms with E-state index in [1.165, 1.54) is 0 Å². The lowest BCUT2D eigenvalue weighted by atomic mass is 10.3. The third kappa shape index (κ3) is 2.41. The molecule has 0 aliphatic carbocycles. The standard InChI is InChI=1S/C6H6F2N2.H3P/c7-4-1-2-5(8)6(3-4)10-9;/h1-3,10H,9H2;1H3. The predicted molar refractivity (Wildman–Crippen MR) is 45.3 cm³/mol. The quantitative estimate of drug-likeness (QED) is 0.386. The van der Waals surface area contributed by atoms with E-state index in [1.807, 2.05) is 5.43 Å². The first-order valence-corrected chi connectivity index (χ1v) is 2.65. The van der Waals surface area contributed by atoms with Gasteiger partial charge in [0.15, 0.2) is 0 Å². The summed E-state index contributed by atoms with van der Waals surface area (Å²) >= 11 is 0. The van der Waals surface area contributed by atoms with Crippen molar-refractivity contribution in [3.8, 4) is 0 Å². The lowest BCUT2D eigenvalue weighted by Crippen LogP contribution is -2.08. The highest BCUT2D eigenvalue weighted by molar-refractivity contribution is 6.92. The first-order chi connectivity index (χ1) is 4.74. The fraction of sp³-hybridized carbons (Fsp3) is 0. The van der Waals surface area contributed by atoms with Crippen LogP contribution in [0.3, 0.4) is 0 Å². The van der Waals surface area contributed by atoms with Crippen molar-refractivity contribution in [2.24, 2.45) is 5.84 Å². The Morgan fingerprint density at radius 3 is 2.36 bits per heavy atom. The van der Waals surface area contributed by atoms with E-state index in [0.717, 1.165) is 18.2 Å². The molecule has 0 amide bonds. The van der Waals surface area contributed by atoms with E-state index in [2.05, 4.69) is 0 Å². The van der Waals surface area contributed by atoms with E-state index in [-0.39, 0.29) is 15.6 Å². The van der Waals surface area contributed by atoms with Gasteiger partial charge < -0.3 is 5.43 Å². The molecule has 0 spiro atoms. The van der Waals surface area contributed by atoms with Crippen molar-refractivity contribution in [2.45, 2.75) is 0 Å². The van der Waals surface area contributed by atoms with E-state index in [0.29, 0.717) is 0 Å². The highest BCUT2D eigenvalue weighted by Gasteiger charge is 1.99. The number of benzene rings is 1. The summed E-state index contributed by atoms with van der Waals surface area (Å²) in [4.78, 5) is 0. The highest BCUT2D eigenvalue weighted by Crippen LogP contribution is 2.12. The number of halogens is 2. The largest absolute Gasteiger partial charge is 0.321 e. The molecule has 1 unspecified atom stereocenters. The van der Waals surface area contributed by atoms with E-state index in [1.54, 1.807) is 0 Å². The lowest BCUT2D eigenvalue weighted by Gasteiger charge is -1.99. The van der Waals surface area contributed by atoms with Crippen molar-refractivity contribution in [1.29, 1.82) is 0 Å². The number of hydrazine groups is 1. The summed E-state index contributed by atoms with van der Waals surface area (Å²) in [5.74, 6) is 3.78. The summed E-state index contributed by atoms with van der Waals surface area (Å²) in [6.45, 7) is 0. The molecule has 62 valence electrons. The molecular formula is C6H9F2N2P. The zero-order valence-corrected chi connectivity index (χ0v) is 7.19. The number of hydrogen-bond acceptors (Lipinski definition) is 2. The maximum atomic E-state index is 12.5. The lowest BCUT2D eigenvalue weighted by molar-refractivity contribution is 0.602. The van der Waals surface area contributed by atoms with Crippen LogP contribution in [0.4, 0.5) is 14.5 Å². The average molecular weight is 178 g/mol. The molecule has 0 fully saturated rings. The normalized spacial score (nSPS) is 8.64. The summed E-state index contributed by atoms with van der Waals surface area (Å²) in [6, 6.07) is 3.01. The fourth-order valence-corrected chi connectivity index (χ4v) is 0.608. The molecule has 11 heavy (non-hydrogen) atoms. The minimum atomic E-state index is -0.566. The minimum Gasteiger partial charge on any atom is -0.321 e. The van der Waals surface area contributed by atoms with Crippen LogP contribution >= 0.6 is 9.90 Å². The van der Waals surface area contributed by atoms with Crippen molar-refractivity contribution < 1.29 is 8.78 Å². The summed E-state index contributed by atoms with van der Waals surface area (Å²) in [5.41, 5.74) is 1.98. The second-order valence-electron chi connectivity index (χ2n) is 1.77. The van der Waals surface area contributed by atoms with E-state index < -0.39 is 11.6 Å². The van der Waals surface area contributed by atoms with Gasteiger partial charge in [0.2, 0.25) is 0 Å². The summed E-state index contributed by atoms with van der Waals surface area (Å²) in [7, 11) is 0. The second-order valence-corrected chi connectivity index (χ2v) is 1.77. The van der Waals surface area contributed by atoms with Crippen LogP contribution in [0, 0.1) is 11.6 Å². The van der Waals surface area contributed by atoms with Gasteiger partial charge in [-0.25, -0.2) is 8.78 Å². The van der Waals surface area contributed by atoms with Crippen molar-refractivity contribution >= 4 is 15.6 Å². The molecule has 3 N–H and O–H groups in total. The first kappa shape index (κ1) is 10.3. The van der Waals surface area contributed by atoms with Gasteiger partial charge in [-0.3, -0.25) is 5.84 Å². The van der Waals surface area contributed by atoms with Gasteiger partial charge in [-0.15, -0.1) is 0 Å².